The first-order valence-corrected chi connectivity index (χ1v) is 2.99. The molecule has 1 aromatic rings. The number of hydrogen-bond donors (Lipinski definition) is 1. The Labute approximate surface area is 59.1 Å². The molecule has 0 radical (unpaired) electrons. The summed E-state index contributed by atoms with van der Waals surface area (Å²) >= 11 is 0. The van der Waals surface area contributed by atoms with Crippen molar-refractivity contribution in [3.63, 3.8) is 0 Å². The molecule has 0 saturated heterocycles. The molecule has 4 heteroatoms. The molecule has 1 N–H and O–H groups in total. The fourth-order valence-electron chi connectivity index (χ4n) is 0.699. The van der Waals surface area contributed by atoms with Crippen molar-refractivity contribution in [3.8, 4) is 0 Å². The molecular formula is C6H10N3O+. The number of nitrogens with zero attached hydrogens (tertiary/aromatic N) is 2. The minimum absolute atomic E-state index is 0.124. The van der Waals surface area contributed by atoms with E-state index in [1.54, 1.807) is 30.3 Å². The van der Waals surface area contributed by atoms with Gasteiger partial charge in [0.25, 0.3) is 6.33 Å². The van der Waals surface area contributed by atoms with E-state index in [9.17, 15) is 4.79 Å². The molecule has 0 aliphatic carbocycles. The fraction of sp³-hybridized carbons (Fsp3) is 0.333. The van der Waals surface area contributed by atoms with E-state index >= 15 is 0 Å². The zero-order valence-electron chi connectivity index (χ0n) is 6.03. The molecule has 0 atom stereocenters. The van der Waals surface area contributed by atoms with Crippen molar-refractivity contribution in [2.75, 3.05) is 7.05 Å². The van der Waals surface area contributed by atoms with Crippen LogP contribution in [0.15, 0.2) is 18.7 Å². The van der Waals surface area contributed by atoms with Crippen molar-refractivity contribution in [3.05, 3.63) is 18.7 Å². The number of carbonyl (C=O) groups excluding carboxylic acids is 1. The van der Waals surface area contributed by atoms with E-state index in [1.165, 1.54) is 4.57 Å². The zero-order chi connectivity index (χ0) is 7.56. The number of aromatic nitrogens is 2. The van der Waals surface area contributed by atoms with Gasteiger partial charge in [-0.2, -0.15) is 4.57 Å². The van der Waals surface area contributed by atoms with Crippen molar-refractivity contribution >= 4 is 6.03 Å². The van der Waals surface area contributed by atoms with Crippen LogP contribution >= 0.6 is 0 Å². The number of imidazole rings is 1. The second kappa shape index (κ2) is 2.51. The Hall–Kier alpha value is -1.32. The minimum atomic E-state index is -0.124. The quantitative estimate of drug-likeness (QED) is 0.485. The molecule has 0 aromatic carbocycles. The number of carbonyl (C=O) groups is 1. The molecule has 54 valence electrons. The highest BCUT2D eigenvalue weighted by atomic mass is 16.2. The van der Waals surface area contributed by atoms with E-state index in [1.807, 2.05) is 7.05 Å². The van der Waals surface area contributed by atoms with E-state index in [-0.39, 0.29) is 6.03 Å². The van der Waals surface area contributed by atoms with Gasteiger partial charge in [0.05, 0.1) is 7.05 Å². The summed E-state index contributed by atoms with van der Waals surface area (Å²) in [7, 11) is 3.46. The second-order valence-electron chi connectivity index (χ2n) is 2.04. The van der Waals surface area contributed by atoms with E-state index in [4.69, 9.17) is 0 Å². The summed E-state index contributed by atoms with van der Waals surface area (Å²) in [6.07, 6.45) is 5.19. The summed E-state index contributed by atoms with van der Waals surface area (Å²) in [5.74, 6) is 0. The third kappa shape index (κ3) is 1.15. The molecule has 0 aliphatic rings. The summed E-state index contributed by atoms with van der Waals surface area (Å²) in [5.41, 5.74) is 0. The molecule has 1 amide bonds. The maximum Gasteiger partial charge on any atom is 0.412 e. The standard InChI is InChI=1S/C6H9N3O/c1-7-6(10)9-4-3-8(2)5-9/h3-5H,1-2H3/p+1. The first-order chi connectivity index (χ1) is 4.74. The molecule has 0 aliphatic heterocycles. The first-order valence-electron chi connectivity index (χ1n) is 2.99. The predicted octanol–water partition coefficient (Wildman–Crippen LogP) is -0.500. The minimum Gasteiger partial charge on any atom is -0.321 e. The van der Waals surface area contributed by atoms with E-state index in [2.05, 4.69) is 5.32 Å². The summed E-state index contributed by atoms with van der Waals surface area (Å²) in [6, 6.07) is -0.124. The monoisotopic (exact) mass is 140 g/mol. The van der Waals surface area contributed by atoms with Gasteiger partial charge in [-0.1, -0.05) is 0 Å². The van der Waals surface area contributed by atoms with Gasteiger partial charge in [-0.05, 0) is 0 Å². The first kappa shape index (κ1) is 6.80. The van der Waals surface area contributed by atoms with Crippen molar-refractivity contribution in [1.82, 2.24) is 9.88 Å². The van der Waals surface area contributed by atoms with Gasteiger partial charge in [0.15, 0.2) is 0 Å². The summed E-state index contributed by atoms with van der Waals surface area (Å²) in [4.78, 5) is 10.9. The van der Waals surface area contributed by atoms with Crippen molar-refractivity contribution in [2.24, 2.45) is 7.05 Å². The highest BCUT2D eigenvalue weighted by Crippen LogP contribution is 1.80. The molecule has 0 unspecified atom stereocenters. The van der Waals surface area contributed by atoms with Gasteiger partial charge in [0, 0.05) is 7.05 Å². The lowest BCUT2D eigenvalue weighted by molar-refractivity contribution is -0.670. The normalized spacial score (nSPS) is 9.40. The maximum absolute atomic E-state index is 10.9. The van der Waals surface area contributed by atoms with Gasteiger partial charge < -0.3 is 5.32 Å². The van der Waals surface area contributed by atoms with Gasteiger partial charge in [-0.25, -0.2) is 9.36 Å². The molecule has 0 saturated carbocycles. The SMILES string of the molecule is CNC(=O)n1cc[n+](C)c1. The number of amides is 1. The zero-order valence-corrected chi connectivity index (χ0v) is 6.03. The Bertz CT molecular complexity index is 241. The second-order valence-corrected chi connectivity index (χ2v) is 2.04. The lowest BCUT2D eigenvalue weighted by atomic mass is 10.8. The molecule has 10 heavy (non-hydrogen) atoms. The van der Waals surface area contributed by atoms with Crippen molar-refractivity contribution < 1.29 is 9.36 Å². The highest BCUT2D eigenvalue weighted by Gasteiger charge is 2.06. The molecule has 1 heterocycles. The van der Waals surface area contributed by atoms with Gasteiger partial charge >= 0.3 is 6.03 Å². The lowest BCUT2D eigenvalue weighted by Crippen LogP contribution is -2.28. The molecule has 0 spiro atoms. The average Bonchev–Trinajstić information content (AvgIpc) is 2.34. The molecule has 1 aromatic heterocycles. The van der Waals surface area contributed by atoms with Gasteiger partial charge in [-0.15, -0.1) is 0 Å². The van der Waals surface area contributed by atoms with Crippen LogP contribution in [0.1, 0.15) is 0 Å². The largest absolute Gasteiger partial charge is 0.412 e. The van der Waals surface area contributed by atoms with E-state index in [0.717, 1.165) is 0 Å². The molecule has 1 rings (SSSR count). The van der Waals surface area contributed by atoms with Gasteiger partial charge in [0.2, 0.25) is 0 Å². The number of aryl methyl sites for hydroxylation is 1. The van der Waals surface area contributed by atoms with Gasteiger partial charge in [-0.3, -0.25) is 0 Å². The van der Waals surface area contributed by atoms with Crippen molar-refractivity contribution in [1.29, 1.82) is 0 Å². The topological polar surface area (TPSA) is 37.9 Å². The summed E-state index contributed by atoms with van der Waals surface area (Å²) in [5, 5.41) is 2.51. The van der Waals surface area contributed by atoms with Crippen LogP contribution < -0.4 is 9.88 Å². The Kier molecular flexibility index (Phi) is 1.71. The van der Waals surface area contributed by atoms with E-state index in [0.29, 0.717) is 0 Å². The molecule has 4 nitrogen and oxygen atoms in total. The van der Waals surface area contributed by atoms with Crippen LogP contribution in [-0.2, 0) is 7.05 Å². The highest BCUT2D eigenvalue weighted by molar-refractivity contribution is 5.75. The lowest BCUT2D eigenvalue weighted by Gasteiger charge is -1.88. The van der Waals surface area contributed by atoms with Gasteiger partial charge in [0.1, 0.15) is 12.4 Å². The summed E-state index contributed by atoms with van der Waals surface area (Å²) < 4.78 is 3.27. The average molecular weight is 140 g/mol. The number of rotatable bonds is 0. The van der Waals surface area contributed by atoms with Crippen molar-refractivity contribution in [2.45, 2.75) is 0 Å². The van der Waals surface area contributed by atoms with Crippen LogP contribution in [0.25, 0.3) is 0 Å². The molecule has 0 fully saturated rings. The third-order valence-electron chi connectivity index (χ3n) is 1.22. The van der Waals surface area contributed by atoms with Crippen LogP contribution in [0.5, 0.6) is 0 Å². The van der Waals surface area contributed by atoms with Crippen LogP contribution in [0.3, 0.4) is 0 Å². The number of nitrogens with one attached hydrogen (secondary N) is 1. The third-order valence-corrected chi connectivity index (χ3v) is 1.22. The Balaban J connectivity index is 2.85. The van der Waals surface area contributed by atoms with E-state index < -0.39 is 0 Å². The smallest absolute Gasteiger partial charge is 0.321 e. The fourth-order valence-corrected chi connectivity index (χ4v) is 0.699. The molecule has 0 bridgehead atoms. The summed E-state index contributed by atoms with van der Waals surface area (Å²) in [6.45, 7) is 0. The predicted molar refractivity (Wildman–Crippen MR) is 35.5 cm³/mol. The Morgan fingerprint density at radius 3 is 2.80 bits per heavy atom. The van der Waals surface area contributed by atoms with Crippen LogP contribution in [0.4, 0.5) is 4.79 Å². The number of hydrogen-bond acceptors (Lipinski definition) is 1. The molecular weight excluding hydrogens is 130 g/mol. The van der Waals surface area contributed by atoms with Crippen LogP contribution in [0, 0.1) is 0 Å². The Morgan fingerprint density at radius 2 is 2.40 bits per heavy atom. The van der Waals surface area contributed by atoms with Crippen LogP contribution in [-0.4, -0.2) is 17.6 Å². The Morgan fingerprint density at radius 1 is 1.70 bits per heavy atom. The van der Waals surface area contributed by atoms with Crippen LogP contribution in [0.2, 0.25) is 0 Å². The maximum atomic E-state index is 10.9.